The first-order valence-electron chi connectivity index (χ1n) is 6.45. The molecule has 0 bridgehead atoms. The summed E-state index contributed by atoms with van der Waals surface area (Å²) in [5.74, 6) is -0.234. The van der Waals surface area contributed by atoms with Crippen molar-refractivity contribution < 1.29 is 14.4 Å². The number of halogens is 1. The lowest BCUT2D eigenvalue weighted by Gasteiger charge is -2.18. The molecule has 98 valence electrons. The zero-order valence-corrected chi connectivity index (χ0v) is 12.2. The largest absolute Gasteiger partial charge is 0.453 e. The number of carbonyl (C=O) groups excluding carboxylic acids is 1. The third-order valence-electron chi connectivity index (χ3n) is 3.26. The maximum absolute atomic E-state index is 11.9. The summed E-state index contributed by atoms with van der Waals surface area (Å²) in [6.45, 7) is 5.30. The highest BCUT2D eigenvalue weighted by molar-refractivity contribution is 9.10. The molecule has 0 spiro atoms. The van der Waals surface area contributed by atoms with E-state index in [2.05, 4.69) is 15.9 Å². The van der Waals surface area contributed by atoms with Crippen molar-refractivity contribution in [2.45, 2.75) is 25.9 Å². The van der Waals surface area contributed by atoms with Crippen molar-refractivity contribution in [3.8, 4) is 0 Å². The molecule has 4 heteroatoms. The van der Waals surface area contributed by atoms with Crippen LogP contribution in [-0.4, -0.2) is 31.7 Å². The second-order valence-electron chi connectivity index (χ2n) is 4.89. The van der Waals surface area contributed by atoms with Crippen molar-refractivity contribution in [3.05, 3.63) is 34.3 Å². The summed E-state index contributed by atoms with van der Waals surface area (Å²) in [7, 11) is 0. The average Bonchev–Trinajstić information content (AvgIpc) is 2.81. The van der Waals surface area contributed by atoms with E-state index >= 15 is 0 Å². The molecule has 3 nitrogen and oxygen atoms in total. The van der Waals surface area contributed by atoms with Crippen molar-refractivity contribution in [1.29, 1.82) is 0 Å². The second kappa shape index (κ2) is 6.34. The first kappa shape index (κ1) is 13.6. The molecule has 18 heavy (non-hydrogen) atoms. The summed E-state index contributed by atoms with van der Waals surface area (Å²) < 4.78 is 6.37. The smallest absolute Gasteiger partial charge is 0.338 e. The van der Waals surface area contributed by atoms with Crippen molar-refractivity contribution in [2.75, 3.05) is 19.6 Å². The van der Waals surface area contributed by atoms with Crippen LogP contribution >= 0.6 is 15.9 Å². The molecule has 0 radical (unpaired) electrons. The quantitative estimate of drug-likeness (QED) is 0.857. The average molecular weight is 313 g/mol. The predicted octanol–water partition coefficient (Wildman–Crippen LogP) is 1.67. The highest BCUT2D eigenvalue weighted by Crippen LogP contribution is 2.13. The number of hydrogen-bond donors (Lipinski definition) is 1. The van der Waals surface area contributed by atoms with Gasteiger partial charge in [-0.25, -0.2) is 4.79 Å². The third kappa shape index (κ3) is 3.82. The van der Waals surface area contributed by atoms with E-state index in [1.165, 1.54) is 25.9 Å². The van der Waals surface area contributed by atoms with Crippen LogP contribution in [0.3, 0.4) is 0 Å². The Morgan fingerprint density at radius 3 is 2.83 bits per heavy atom. The van der Waals surface area contributed by atoms with Crippen LogP contribution in [-0.2, 0) is 4.74 Å². The third-order valence-corrected chi connectivity index (χ3v) is 3.75. The lowest BCUT2D eigenvalue weighted by Crippen LogP contribution is -3.11. The summed E-state index contributed by atoms with van der Waals surface area (Å²) in [4.78, 5) is 13.5. The van der Waals surface area contributed by atoms with Gasteiger partial charge in [-0.05, 0) is 25.1 Å². The van der Waals surface area contributed by atoms with Crippen molar-refractivity contribution in [3.63, 3.8) is 0 Å². The maximum atomic E-state index is 11.9. The van der Waals surface area contributed by atoms with E-state index in [-0.39, 0.29) is 12.1 Å². The standard InChI is InChI=1S/C14H18BrNO2/c1-11(10-16-7-2-3-8-16)18-14(17)12-5-4-6-13(15)9-12/h4-6,9,11H,2-3,7-8,10H2,1H3/p+1/t11-/m1/s1. The molecule has 0 saturated carbocycles. The summed E-state index contributed by atoms with van der Waals surface area (Å²) in [6, 6.07) is 7.31. The van der Waals surface area contributed by atoms with Gasteiger partial charge < -0.3 is 9.64 Å². The fourth-order valence-corrected chi connectivity index (χ4v) is 2.79. The summed E-state index contributed by atoms with van der Waals surface area (Å²) in [5.41, 5.74) is 0.604. The zero-order chi connectivity index (χ0) is 13.0. The Hall–Kier alpha value is -0.870. The fourth-order valence-electron chi connectivity index (χ4n) is 2.39. The van der Waals surface area contributed by atoms with Crippen LogP contribution in [0.4, 0.5) is 0 Å². The van der Waals surface area contributed by atoms with Gasteiger partial charge in [0.25, 0.3) is 0 Å². The van der Waals surface area contributed by atoms with Crippen molar-refractivity contribution >= 4 is 21.9 Å². The van der Waals surface area contributed by atoms with E-state index in [0.29, 0.717) is 5.56 Å². The van der Waals surface area contributed by atoms with Gasteiger partial charge in [-0.1, -0.05) is 22.0 Å². The van der Waals surface area contributed by atoms with Gasteiger partial charge in [0, 0.05) is 17.3 Å². The Morgan fingerprint density at radius 2 is 2.17 bits per heavy atom. The number of hydrogen-bond acceptors (Lipinski definition) is 2. The molecular weight excluding hydrogens is 294 g/mol. The van der Waals surface area contributed by atoms with Gasteiger partial charge in [0.15, 0.2) is 0 Å². The normalized spacial score (nSPS) is 17.7. The number of likely N-dealkylation sites (tertiary alicyclic amines) is 1. The minimum atomic E-state index is -0.234. The van der Waals surface area contributed by atoms with E-state index in [1.807, 2.05) is 19.1 Å². The number of quaternary nitrogens is 1. The molecule has 1 fully saturated rings. The second-order valence-corrected chi connectivity index (χ2v) is 5.80. The van der Waals surface area contributed by atoms with Gasteiger partial charge in [-0.2, -0.15) is 0 Å². The van der Waals surface area contributed by atoms with E-state index in [1.54, 1.807) is 17.0 Å². The molecule has 1 aromatic rings. The first-order valence-corrected chi connectivity index (χ1v) is 7.24. The summed E-state index contributed by atoms with van der Waals surface area (Å²) in [6.07, 6.45) is 2.56. The number of esters is 1. The van der Waals surface area contributed by atoms with Crippen molar-refractivity contribution in [1.82, 2.24) is 0 Å². The highest BCUT2D eigenvalue weighted by Gasteiger charge is 2.21. The Labute approximate surface area is 116 Å². The summed E-state index contributed by atoms with van der Waals surface area (Å²) in [5, 5.41) is 0. The SMILES string of the molecule is C[C@H](C[NH+]1CCCC1)OC(=O)c1cccc(Br)c1. The Bertz CT molecular complexity index is 416. The van der Waals surface area contributed by atoms with Crippen LogP contribution in [0, 0.1) is 0 Å². The zero-order valence-electron chi connectivity index (χ0n) is 10.6. The van der Waals surface area contributed by atoms with E-state index in [0.717, 1.165) is 11.0 Å². The molecule has 0 aromatic heterocycles. The van der Waals surface area contributed by atoms with Crippen LogP contribution < -0.4 is 4.90 Å². The minimum absolute atomic E-state index is 0.0235. The number of benzene rings is 1. The molecule has 1 aliphatic heterocycles. The molecule has 0 unspecified atom stereocenters. The van der Waals surface area contributed by atoms with E-state index in [4.69, 9.17) is 4.74 Å². The molecule has 2 rings (SSSR count). The summed E-state index contributed by atoms with van der Waals surface area (Å²) >= 11 is 3.36. The first-order chi connectivity index (χ1) is 8.65. The van der Waals surface area contributed by atoms with E-state index < -0.39 is 0 Å². The Morgan fingerprint density at radius 1 is 1.44 bits per heavy atom. The molecule has 1 aromatic carbocycles. The molecule has 1 N–H and O–H groups in total. The molecule has 1 heterocycles. The van der Waals surface area contributed by atoms with Crippen LogP contribution in [0.15, 0.2) is 28.7 Å². The van der Waals surface area contributed by atoms with Gasteiger partial charge in [-0.3, -0.25) is 0 Å². The van der Waals surface area contributed by atoms with Gasteiger partial charge in [-0.15, -0.1) is 0 Å². The van der Waals surface area contributed by atoms with Gasteiger partial charge in [0.05, 0.1) is 18.7 Å². The van der Waals surface area contributed by atoms with Gasteiger partial charge in [0.1, 0.15) is 12.6 Å². The molecule has 1 atom stereocenters. The number of ether oxygens (including phenoxy) is 1. The topological polar surface area (TPSA) is 30.7 Å². The monoisotopic (exact) mass is 312 g/mol. The van der Waals surface area contributed by atoms with Crippen LogP contribution in [0.2, 0.25) is 0 Å². The van der Waals surface area contributed by atoms with E-state index in [9.17, 15) is 4.79 Å². The van der Waals surface area contributed by atoms with Crippen LogP contribution in [0.5, 0.6) is 0 Å². The van der Waals surface area contributed by atoms with Crippen molar-refractivity contribution in [2.24, 2.45) is 0 Å². The van der Waals surface area contributed by atoms with Gasteiger partial charge >= 0.3 is 5.97 Å². The molecule has 1 aliphatic rings. The lowest BCUT2D eigenvalue weighted by atomic mass is 10.2. The maximum Gasteiger partial charge on any atom is 0.338 e. The molecular formula is C14H19BrNO2+. The highest BCUT2D eigenvalue weighted by atomic mass is 79.9. The minimum Gasteiger partial charge on any atom is -0.453 e. The lowest BCUT2D eigenvalue weighted by molar-refractivity contribution is -0.890. The number of nitrogens with one attached hydrogen (secondary N) is 1. The molecule has 0 aliphatic carbocycles. The molecule has 1 saturated heterocycles. The van der Waals surface area contributed by atoms with Crippen LogP contribution in [0.25, 0.3) is 0 Å². The fraction of sp³-hybridized carbons (Fsp3) is 0.500. The van der Waals surface area contributed by atoms with Gasteiger partial charge in [0.2, 0.25) is 0 Å². The number of rotatable bonds is 4. The Balaban J connectivity index is 1.86. The number of carbonyl (C=O) groups is 1. The Kier molecular flexibility index (Phi) is 4.78. The molecule has 0 amide bonds. The predicted molar refractivity (Wildman–Crippen MR) is 73.8 cm³/mol. The van der Waals surface area contributed by atoms with Crippen LogP contribution in [0.1, 0.15) is 30.1 Å².